The summed E-state index contributed by atoms with van der Waals surface area (Å²) in [6.45, 7) is 0. The number of H-pyrrole nitrogens is 1. The highest BCUT2D eigenvalue weighted by molar-refractivity contribution is 6.13. The first kappa shape index (κ1) is 29.5. The van der Waals surface area contributed by atoms with E-state index >= 15 is 0 Å². The molecule has 0 spiro atoms. The summed E-state index contributed by atoms with van der Waals surface area (Å²) in [5.41, 5.74) is 15.2. The summed E-state index contributed by atoms with van der Waals surface area (Å²) < 4.78 is 0. The number of hydrogen-bond donors (Lipinski definition) is 1. The van der Waals surface area contributed by atoms with Crippen molar-refractivity contribution in [3.05, 3.63) is 200 Å². The highest BCUT2D eigenvalue weighted by atomic mass is 15.1. The van der Waals surface area contributed by atoms with Crippen LogP contribution in [0.1, 0.15) is 0 Å². The summed E-state index contributed by atoms with van der Waals surface area (Å²) in [6, 6.07) is 71.7. The number of para-hydroxylation sites is 3. The van der Waals surface area contributed by atoms with Crippen molar-refractivity contribution in [1.29, 1.82) is 0 Å². The van der Waals surface area contributed by atoms with E-state index in [4.69, 9.17) is 0 Å². The number of rotatable bonds is 7. The Morgan fingerprint density at radius 2 is 0.840 bits per heavy atom. The van der Waals surface area contributed by atoms with Crippen LogP contribution in [0.2, 0.25) is 0 Å². The van der Waals surface area contributed by atoms with E-state index in [2.05, 4.69) is 210 Å². The highest BCUT2D eigenvalue weighted by Gasteiger charge is 2.17. The quantitative estimate of drug-likeness (QED) is 0.184. The summed E-state index contributed by atoms with van der Waals surface area (Å²) in [5, 5.41) is 2.49. The minimum Gasteiger partial charge on any atom is -0.354 e. The molecular weight excluding hydrogens is 605 g/mol. The normalized spacial score (nSPS) is 11.2. The predicted octanol–water partition coefficient (Wildman–Crippen LogP) is 13.5. The largest absolute Gasteiger partial charge is 0.354 e. The Hall–Kier alpha value is -6.64. The first-order chi connectivity index (χ1) is 24.8. The van der Waals surface area contributed by atoms with Gasteiger partial charge in [0.2, 0.25) is 0 Å². The molecular formula is C48H34N2. The van der Waals surface area contributed by atoms with Gasteiger partial charge in [-0.15, -0.1) is 0 Å². The van der Waals surface area contributed by atoms with E-state index in [-0.39, 0.29) is 0 Å². The van der Waals surface area contributed by atoms with Crippen molar-refractivity contribution in [2.75, 3.05) is 4.90 Å². The van der Waals surface area contributed by atoms with Gasteiger partial charge in [-0.3, -0.25) is 0 Å². The first-order valence-corrected chi connectivity index (χ1v) is 17.1. The van der Waals surface area contributed by atoms with E-state index < -0.39 is 0 Å². The number of hydrogen-bond acceptors (Lipinski definition) is 1. The number of aromatic nitrogens is 1. The zero-order valence-electron chi connectivity index (χ0n) is 27.5. The maximum absolute atomic E-state index is 3.74. The molecule has 236 valence electrons. The van der Waals surface area contributed by atoms with Gasteiger partial charge in [-0.1, -0.05) is 152 Å². The Bertz CT molecular complexity index is 2570. The molecule has 2 heteroatoms. The summed E-state index contributed by atoms with van der Waals surface area (Å²) >= 11 is 0. The lowest BCUT2D eigenvalue weighted by Gasteiger charge is -2.26. The van der Waals surface area contributed by atoms with Gasteiger partial charge in [0.05, 0.1) is 5.52 Å². The van der Waals surface area contributed by atoms with E-state index in [1.807, 2.05) is 0 Å². The second-order valence-electron chi connectivity index (χ2n) is 12.7. The van der Waals surface area contributed by atoms with Gasteiger partial charge in [0.15, 0.2) is 0 Å². The molecule has 2 nitrogen and oxygen atoms in total. The second-order valence-corrected chi connectivity index (χ2v) is 12.7. The van der Waals surface area contributed by atoms with E-state index in [1.54, 1.807) is 0 Å². The first-order valence-electron chi connectivity index (χ1n) is 17.1. The molecule has 0 radical (unpaired) electrons. The average molecular weight is 639 g/mol. The topological polar surface area (TPSA) is 19.0 Å². The number of benzene rings is 8. The molecule has 0 unspecified atom stereocenters. The summed E-state index contributed by atoms with van der Waals surface area (Å²) in [5.74, 6) is 0. The molecule has 50 heavy (non-hydrogen) atoms. The SMILES string of the molecule is c1ccc(-c2cccc(N(c3ccccc3)c3ccc(-c4ccc(-c5ccccc5)c(-c5cccc6c5[nH]c5ccccc56)c4)cc3)c2)cc1. The lowest BCUT2D eigenvalue weighted by Crippen LogP contribution is -2.09. The molecule has 0 aliphatic carbocycles. The van der Waals surface area contributed by atoms with Gasteiger partial charge in [0.1, 0.15) is 0 Å². The summed E-state index contributed by atoms with van der Waals surface area (Å²) in [7, 11) is 0. The van der Waals surface area contributed by atoms with Gasteiger partial charge >= 0.3 is 0 Å². The molecule has 8 aromatic carbocycles. The molecule has 0 aliphatic heterocycles. The highest BCUT2D eigenvalue weighted by Crippen LogP contribution is 2.41. The molecule has 1 N–H and O–H groups in total. The standard InChI is InChI=1S/C48H34N2/c1-4-14-34(15-5-1)37-18-12-21-41(32-37)50(39-19-8-3-9-20-39)40-29-26-35(27-30-40)38-28-31-42(36-16-6-2-7-17-36)46(33-38)45-24-13-23-44-43-22-10-11-25-47(43)49-48(44)45/h1-33,49H. The fourth-order valence-corrected chi connectivity index (χ4v) is 7.20. The van der Waals surface area contributed by atoms with Crippen LogP contribution in [0, 0.1) is 0 Å². The van der Waals surface area contributed by atoms with Crippen LogP contribution in [-0.4, -0.2) is 4.98 Å². The molecule has 1 aromatic heterocycles. The Morgan fingerprint density at radius 1 is 0.300 bits per heavy atom. The predicted molar refractivity (Wildman–Crippen MR) is 212 cm³/mol. The minimum absolute atomic E-state index is 1.11. The molecule has 0 saturated heterocycles. The molecule has 0 atom stereocenters. The maximum Gasteiger partial charge on any atom is 0.0544 e. The zero-order valence-corrected chi connectivity index (χ0v) is 27.5. The molecule has 0 fully saturated rings. The van der Waals surface area contributed by atoms with Gasteiger partial charge in [-0.25, -0.2) is 0 Å². The molecule has 0 aliphatic rings. The molecule has 0 amide bonds. The Morgan fingerprint density at radius 3 is 1.62 bits per heavy atom. The number of anilines is 3. The fourth-order valence-electron chi connectivity index (χ4n) is 7.20. The van der Waals surface area contributed by atoms with Crippen molar-refractivity contribution in [3.63, 3.8) is 0 Å². The maximum atomic E-state index is 3.74. The molecule has 9 aromatic rings. The minimum atomic E-state index is 1.11. The molecule has 9 rings (SSSR count). The Labute approximate surface area is 292 Å². The second kappa shape index (κ2) is 12.8. The third kappa shape index (κ3) is 5.43. The monoisotopic (exact) mass is 638 g/mol. The average Bonchev–Trinajstić information content (AvgIpc) is 3.58. The molecule has 0 saturated carbocycles. The molecule has 1 heterocycles. The van der Waals surface area contributed by atoms with Gasteiger partial charge < -0.3 is 9.88 Å². The van der Waals surface area contributed by atoms with E-state index in [9.17, 15) is 0 Å². The number of aromatic amines is 1. The summed E-state index contributed by atoms with van der Waals surface area (Å²) in [6.07, 6.45) is 0. The van der Waals surface area contributed by atoms with Crippen LogP contribution < -0.4 is 4.90 Å². The number of fused-ring (bicyclic) bond motifs is 3. The Kier molecular flexibility index (Phi) is 7.53. The van der Waals surface area contributed by atoms with E-state index in [0.717, 1.165) is 28.1 Å². The molecule has 0 bridgehead atoms. The van der Waals surface area contributed by atoms with Crippen LogP contribution >= 0.6 is 0 Å². The van der Waals surface area contributed by atoms with Crippen molar-refractivity contribution >= 4 is 38.9 Å². The van der Waals surface area contributed by atoms with E-state index in [0.29, 0.717) is 0 Å². The third-order valence-corrected chi connectivity index (χ3v) is 9.62. The van der Waals surface area contributed by atoms with Crippen molar-refractivity contribution in [1.82, 2.24) is 4.98 Å². The lowest BCUT2D eigenvalue weighted by molar-refractivity contribution is 1.28. The fraction of sp³-hybridized carbons (Fsp3) is 0. The van der Waals surface area contributed by atoms with Crippen LogP contribution in [0.15, 0.2) is 200 Å². The van der Waals surface area contributed by atoms with E-state index in [1.165, 1.54) is 55.3 Å². The van der Waals surface area contributed by atoms with Crippen molar-refractivity contribution in [2.45, 2.75) is 0 Å². The van der Waals surface area contributed by atoms with Gasteiger partial charge in [-0.2, -0.15) is 0 Å². The van der Waals surface area contributed by atoms with Gasteiger partial charge in [0, 0.05) is 38.9 Å². The lowest BCUT2D eigenvalue weighted by atomic mass is 9.90. The van der Waals surface area contributed by atoms with Gasteiger partial charge in [0.25, 0.3) is 0 Å². The Balaban J connectivity index is 1.15. The third-order valence-electron chi connectivity index (χ3n) is 9.62. The van der Waals surface area contributed by atoms with Crippen LogP contribution in [0.4, 0.5) is 17.1 Å². The van der Waals surface area contributed by atoms with Crippen LogP contribution in [0.25, 0.3) is 66.3 Å². The number of nitrogens with zero attached hydrogens (tertiary/aromatic N) is 1. The smallest absolute Gasteiger partial charge is 0.0544 e. The van der Waals surface area contributed by atoms with Gasteiger partial charge in [-0.05, 0) is 87.5 Å². The van der Waals surface area contributed by atoms with Crippen LogP contribution in [0.5, 0.6) is 0 Å². The summed E-state index contributed by atoms with van der Waals surface area (Å²) in [4.78, 5) is 6.07. The van der Waals surface area contributed by atoms with Crippen LogP contribution in [-0.2, 0) is 0 Å². The van der Waals surface area contributed by atoms with Crippen molar-refractivity contribution < 1.29 is 0 Å². The van der Waals surface area contributed by atoms with Crippen molar-refractivity contribution in [3.8, 4) is 44.5 Å². The van der Waals surface area contributed by atoms with Crippen LogP contribution in [0.3, 0.4) is 0 Å². The zero-order chi connectivity index (χ0) is 33.3. The van der Waals surface area contributed by atoms with Crippen molar-refractivity contribution in [2.24, 2.45) is 0 Å². The number of nitrogens with one attached hydrogen (secondary N) is 1.